The van der Waals surface area contributed by atoms with Crippen molar-refractivity contribution in [2.75, 3.05) is 26.3 Å². The fourth-order valence-corrected chi connectivity index (χ4v) is 1.90. The van der Waals surface area contributed by atoms with Crippen LogP contribution in [0, 0.1) is 11.8 Å². The minimum Gasteiger partial charge on any atom is -0.381 e. The van der Waals surface area contributed by atoms with Crippen molar-refractivity contribution in [3.8, 4) is 0 Å². The fourth-order valence-electron chi connectivity index (χ4n) is 1.90. The van der Waals surface area contributed by atoms with Crippen LogP contribution in [0.15, 0.2) is 0 Å². The van der Waals surface area contributed by atoms with Gasteiger partial charge in [0, 0.05) is 31.5 Å². The van der Waals surface area contributed by atoms with Gasteiger partial charge in [0.15, 0.2) is 0 Å². The molecule has 1 heterocycles. The number of hydrogen-bond donors (Lipinski definition) is 0. The van der Waals surface area contributed by atoms with Crippen LogP contribution in [-0.4, -0.2) is 37.1 Å². The first kappa shape index (κ1) is 12.5. The first-order valence-corrected chi connectivity index (χ1v) is 6.05. The summed E-state index contributed by atoms with van der Waals surface area (Å²) in [6.45, 7) is 9.50. The molecule has 3 nitrogen and oxygen atoms in total. The van der Waals surface area contributed by atoms with Crippen LogP contribution in [0.3, 0.4) is 0 Å². The Labute approximate surface area is 92.8 Å². The van der Waals surface area contributed by atoms with Gasteiger partial charge in [0.1, 0.15) is 0 Å². The van der Waals surface area contributed by atoms with E-state index in [2.05, 4.69) is 13.8 Å². The molecule has 15 heavy (non-hydrogen) atoms. The van der Waals surface area contributed by atoms with E-state index in [0.29, 0.717) is 11.8 Å². The topological polar surface area (TPSA) is 29.5 Å². The summed E-state index contributed by atoms with van der Waals surface area (Å²) < 4.78 is 5.33. The average Bonchev–Trinajstić information content (AvgIpc) is 2.76. The van der Waals surface area contributed by atoms with Crippen LogP contribution in [0.4, 0.5) is 0 Å². The number of hydrogen-bond acceptors (Lipinski definition) is 2. The molecule has 0 radical (unpaired) electrons. The Morgan fingerprint density at radius 2 is 2.27 bits per heavy atom. The second-order valence-corrected chi connectivity index (χ2v) is 4.42. The number of rotatable bonds is 5. The second-order valence-electron chi connectivity index (χ2n) is 4.42. The highest BCUT2D eigenvalue weighted by molar-refractivity contribution is 5.78. The number of carbonyl (C=O) groups is 1. The Balaban J connectivity index is 2.43. The van der Waals surface area contributed by atoms with Gasteiger partial charge in [-0.1, -0.05) is 13.8 Å². The van der Waals surface area contributed by atoms with Gasteiger partial charge in [-0.25, -0.2) is 0 Å². The summed E-state index contributed by atoms with van der Waals surface area (Å²) in [7, 11) is 0. The smallest absolute Gasteiger partial charge is 0.225 e. The van der Waals surface area contributed by atoms with E-state index in [4.69, 9.17) is 4.74 Å². The Morgan fingerprint density at radius 3 is 2.73 bits per heavy atom. The third-order valence-corrected chi connectivity index (χ3v) is 3.23. The Hall–Kier alpha value is -0.570. The van der Waals surface area contributed by atoms with E-state index >= 15 is 0 Å². The summed E-state index contributed by atoms with van der Waals surface area (Å²) in [5, 5.41) is 0. The number of ether oxygens (including phenoxy) is 1. The van der Waals surface area contributed by atoms with Gasteiger partial charge >= 0.3 is 0 Å². The lowest BCUT2D eigenvalue weighted by molar-refractivity contribution is -0.135. The highest BCUT2D eigenvalue weighted by atomic mass is 16.5. The molecule has 3 heteroatoms. The maximum atomic E-state index is 12.0. The summed E-state index contributed by atoms with van der Waals surface area (Å²) >= 11 is 0. The number of nitrogens with zero attached hydrogens (tertiary/aromatic N) is 1. The van der Waals surface area contributed by atoms with Gasteiger partial charge in [-0.3, -0.25) is 4.79 Å². The van der Waals surface area contributed by atoms with Gasteiger partial charge in [0.25, 0.3) is 0 Å². The SMILES string of the molecule is CC[C@H](C)C(=O)N(CC)C[C@H]1CCOC1. The van der Waals surface area contributed by atoms with Gasteiger partial charge in [-0.2, -0.15) is 0 Å². The zero-order chi connectivity index (χ0) is 11.3. The van der Waals surface area contributed by atoms with Crippen LogP contribution in [0.25, 0.3) is 0 Å². The molecule has 0 aromatic heterocycles. The molecule has 1 amide bonds. The van der Waals surface area contributed by atoms with Gasteiger partial charge in [-0.05, 0) is 19.8 Å². The van der Waals surface area contributed by atoms with Crippen molar-refractivity contribution >= 4 is 5.91 Å². The molecule has 0 aliphatic carbocycles. The normalized spacial score (nSPS) is 22.7. The van der Waals surface area contributed by atoms with Crippen LogP contribution >= 0.6 is 0 Å². The molecule has 0 aromatic rings. The Bertz CT molecular complexity index is 200. The van der Waals surface area contributed by atoms with Crippen molar-refractivity contribution in [1.82, 2.24) is 4.90 Å². The van der Waals surface area contributed by atoms with Crippen LogP contribution < -0.4 is 0 Å². The van der Waals surface area contributed by atoms with E-state index in [-0.39, 0.29) is 5.92 Å². The van der Waals surface area contributed by atoms with Crippen molar-refractivity contribution in [2.24, 2.45) is 11.8 Å². The Kier molecular flexibility index (Phi) is 5.09. The summed E-state index contributed by atoms with van der Waals surface area (Å²) in [5.74, 6) is 1.01. The van der Waals surface area contributed by atoms with Gasteiger partial charge in [0.05, 0.1) is 6.61 Å². The number of amides is 1. The summed E-state index contributed by atoms with van der Waals surface area (Å²) in [6, 6.07) is 0. The molecule has 0 bridgehead atoms. The highest BCUT2D eigenvalue weighted by Gasteiger charge is 2.23. The molecule has 1 fully saturated rings. The standard InChI is InChI=1S/C12H23NO2/c1-4-10(3)12(14)13(5-2)8-11-6-7-15-9-11/h10-11H,4-9H2,1-3H3/t10-,11+/m0/s1. The van der Waals surface area contributed by atoms with E-state index in [1.807, 2.05) is 11.8 Å². The van der Waals surface area contributed by atoms with Crippen molar-refractivity contribution in [3.05, 3.63) is 0 Å². The molecular formula is C12H23NO2. The van der Waals surface area contributed by atoms with E-state index < -0.39 is 0 Å². The molecule has 0 spiro atoms. The second kappa shape index (κ2) is 6.11. The molecule has 2 atom stereocenters. The molecule has 0 N–H and O–H groups in total. The summed E-state index contributed by atoms with van der Waals surface area (Å²) in [5.41, 5.74) is 0. The van der Waals surface area contributed by atoms with E-state index in [9.17, 15) is 4.79 Å². The molecular weight excluding hydrogens is 190 g/mol. The molecule has 1 aliphatic heterocycles. The summed E-state index contributed by atoms with van der Waals surface area (Å²) in [6.07, 6.45) is 2.03. The lowest BCUT2D eigenvalue weighted by atomic mass is 10.0. The van der Waals surface area contributed by atoms with E-state index in [1.54, 1.807) is 0 Å². The van der Waals surface area contributed by atoms with E-state index in [0.717, 1.165) is 39.1 Å². The van der Waals surface area contributed by atoms with E-state index in [1.165, 1.54) is 0 Å². The predicted octanol–water partition coefficient (Wildman–Crippen LogP) is 1.92. The Morgan fingerprint density at radius 1 is 1.53 bits per heavy atom. The fraction of sp³-hybridized carbons (Fsp3) is 0.917. The van der Waals surface area contributed by atoms with Gasteiger partial charge < -0.3 is 9.64 Å². The molecule has 1 aliphatic rings. The largest absolute Gasteiger partial charge is 0.381 e. The lowest BCUT2D eigenvalue weighted by Gasteiger charge is -2.26. The van der Waals surface area contributed by atoms with Crippen LogP contribution in [0.2, 0.25) is 0 Å². The molecule has 88 valence electrons. The van der Waals surface area contributed by atoms with Crippen LogP contribution in [0.1, 0.15) is 33.6 Å². The third kappa shape index (κ3) is 3.49. The monoisotopic (exact) mass is 213 g/mol. The van der Waals surface area contributed by atoms with Gasteiger partial charge in [-0.15, -0.1) is 0 Å². The third-order valence-electron chi connectivity index (χ3n) is 3.23. The number of carbonyl (C=O) groups excluding carboxylic acids is 1. The predicted molar refractivity (Wildman–Crippen MR) is 60.6 cm³/mol. The van der Waals surface area contributed by atoms with Crippen LogP contribution in [-0.2, 0) is 9.53 Å². The quantitative estimate of drug-likeness (QED) is 0.698. The van der Waals surface area contributed by atoms with Crippen LogP contribution in [0.5, 0.6) is 0 Å². The highest BCUT2D eigenvalue weighted by Crippen LogP contribution is 2.16. The molecule has 0 unspecified atom stereocenters. The zero-order valence-corrected chi connectivity index (χ0v) is 10.2. The first-order chi connectivity index (χ1) is 7.19. The summed E-state index contributed by atoms with van der Waals surface area (Å²) in [4.78, 5) is 14.0. The zero-order valence-electron chi connectivity index (χ0n) is 10.2. The molecule has 0 saturated carbocycles. The maximum absolute atomic E-state index is 12.0. The lowest BCUT2D eigenvalue weighted by Crippen LogP contribution is -2.38. The minimum absolute atomic E-state index is 0.160. The first-order valence-electron chi connectivity index (χ1n) is 6.05. The molecule has 0 aromatic carbocycles. The molecule has 1 rings (SSSR count). The average molecular weight is 213 g/mol. The maximum Gasteiger partial charge on any atom is 0.225 e. The van der Waals surface area contributed by atoms with Crippen molar-refractivity contribution in [3.63, 3.8) is 0 Å². The van der Waals surface area contributed by atoms with Crippen molar-refractivity contribution in [2.45, 2.75) is 33.6 Å². The van der Waals surface area contributed by atoms with Crippen molar-refractivity contribution in [1.29, 1.82) is 0 Å². The van der Waals surface area contributed by atoms with Gasteiger partial charge in [0.2, 0.25) is 5.91 Å². The molecule has 1 saturated heterocycles. The van der Waals surface area contributed by atoms with Crippen molar-refractivity contribution < 1.29 is 9.53 Å². The minimum atomic E-state index is 0.160.